The first-order valence-corrected chi connectivity index (χ1v) is 13.0. The summed E-state index contributed by atoms with van der Waals surface area (Å²) >= 11 is 6.20. The maximum atomic E-state index is 13.7. The topological polar surface area (TPSA) is 127 Å². The molecule has 1 saturated carbocycles. The van der Waals surface area contributed by atoms with Gasteiger partial charge in [-0.2, -0.15) is 4.98 Å². The van der Waals surface area contributed by atoms with Crippen LogP contribution in [0.1, 0.15) is 24.3 Å². The molecule has 3 fully saturated rings. The molecule has 2 saturated heterocycles. The Morgan fingerprint density at radius 2 is 1.85 bits per heavy atom. The number of nitrogens with one attached hydrogen (secondary N) is 1. The van der Waals surface area contributed by atoms with E-state index < -0.39 is 23.9 Å². The largest absolute Gasteiger partial charge is 0.349 e. The standard InChI is InChI=1S/C27H26ClN5O6/c1-15-18(28)8-5-9-19(15)29-23(34)12-32-20-11-22-21(37-14-38-22)10-17(20)26(35)33(27(32)36)13-24-30-25(31-39-24)16-6-3-2-4-7-16/h2-9,17,20-22H,10-14H2,1H3,(H,29,34). The molecule has 1 aromatic heterocycles. The molecule has 2 aliphatic heterocycles. The van der Waals surface area contributed by atoms with Gasteiger partial charge >= 0.3 is 6.03 Å². The monoisotopic (exact) mass is 551 g/mol. The highest BCUT2D eigenvalue weighted by Crippen LogP contribution is 2.39. The summed E-state index contributed by atoms with van der Waals surface area (Å²) in [5.41, 5.74) is 2.02. The first kappa shape index (κ1) is 25.5. The summed E-state index contributed by atoms with van der Waals surface area (Å²) in [7, 11) is 0. The van der Waals surface area contributed by atoms with Gasteiger partial charge in [-0.1, -0.05) is 53.2 Å². The van der Waals surface area contributed by atoms with E-state index in [4.69, 9.17) is 25.6 Å². The minimum absolute atomic E-state index is 0.113. The van der Waals surface area contributed by atoms with Crippen molar-refractivity contribution in [2.45, 2.75) is 44.6 Å². The summed E-state index contributed by atoms with van der Waals surface area (Å²) in [4.78, 5) is 47.4. The van der Waals surface area contributed by atoms with Crippen molar-refractivity contribution in [3.05, 3.63) is 65.0 Å². The number of carbonyl (C=O) groups excluding carboxylic acids is 3. The fourth-order valence-corrected chi connectivity index (χ4v) is 5.63. The SMILES string of the molecule is Cc1c(Cl)cccc1NC(=O)CN1C(=O)N(Cc2nc(-c3ccccc3)no2)C(=O)C2CC3OCOC3CC21. The van der Waals surface area contributed by atoms with Crippen molar-refractivity contribution in [3.8, 4) is 11.4 Å². The summed E-state index contributed by atoms with van der Waals surface area (Å²) in [5.74, 6) is -0.868. The van der Waals surface area contributed by atoms with Crippen molar-refractivity contribution < 1.29 is 28.4 Å². The zero-order valence-corrected chi connectivity index (χ0v) is 21.8. The number of nitrogens with zero attached hydrogens (tertiary/aromatic N) is 4. The molecule has 3 aliphatic rings. The highest BCUT2D eigenvalue weighted by atomic mass is 35.5. The van der Waals surface area contributed by atoms with Gasteiger partial charge in [-0.15, -0.1) is 0 Å². The Bertz CT molecular complexity index is 1410. The van der Waals surface area contributed by atoms with Crippen LogP contribution >= 0.6 is 11.6 Å². The van der Waals surface area contributed by atoms with Gasteiger partial charge in [0.05, 0.1) is 18.1 Å². The van der Waals surface area contributed by atoms with Gasteiger partial charge in [-0.3, -0.25) is 14.5 Å². The van der Waals surface area contributed by atoms with Gasteiger partial charge in [0.15, 0.2) is 0 Å². The van der Waals surface area contributed by atoms with Gasteiger partial charge in [0.2, 0.25) is 23.5 Å². The molecular formula is C27H26ClN5O6. The van der Waals surface area contributed by atoms with Crippen LogP contribution in [0.15, 0.2) is 53.1 Å². The minimum Gasteiger partial charge on any atom is -0.349 e. The van der Waals surface area contributed by atoms with E-state index in [0.717, 1.165) is 16.0 Å². The molecule has 0 spiro atoms. The molecule has 4 unspecified atom stereocenters. The molecule has 3 heterocycles. The summed E-state index contributed by atoms with van der Waals surface area (Å²) in [6.45, 7) is 1.47. The number of carbonyl (C=O) groups is 3. The van der Waals surface area contributed by atoms with Gasteiger partial charge in [0.1, 0.15) is 19.9 Å². The van der Waals surface area contributed by atoms with Crippen molar-refractivity contribution in [1.82, 2.24) is 19.9 Å². The third-order valence-corrected chi connectivity index (χ3v) is 7.92. The van der Waals surface area contributed by atoms with Crippen LogP contribution in [0.4, 0.5) is 10.5 Å². The van der Waals surface area contributed by atoms with Crippen LogP contribution in [0.2, 0.25) is 5.02 Å². The number of anilines is 1. The third kappa shape index (κ3) is 4.88. The number of ether oxygens (including phenoxy) is 2. The van der Waals surface area contributed by atoms with Crippen LogP contribution in [0.3, 0.4) is 0 Å². The number of urea groups is 1. The zero-order chi connectivity index (χ0) is 27.1. The Balaban J connectivity index is 1.25. The minimum atomic E-state index is -0.601. The predicted octanol–water partition coefficient (Wildman–Crippen LogP) is 3.62. The van der Waals surface area contributed by atoms with Gasteiger partial charge in [0, 0.05) is 22.3 Å². The molecule has 39 heavy (non-hydrogen) atoms. The molecule has 12 heteroatoms. The summed E-state index contributed by atoms with van der Waals surface area (Å²) in [6, 6.07) is 13.3. The molecular weight excluding hydrogens is 526 g/mol. The average molecular weight is 552 g/mol. The third-order valence-electron chi connectivity index (χ3n) is 7.51. The second-order valence-corrected chi connectivity index (χ2v) is 10.3. The molecule has 2 aromatic carbocycles. The number of benzene rings is 2. The van der Waals surface area contributed by atoms with E-state index in [1.165, 1.54) is 4.90 Å². The van der Waals surface area contributed by atoms with E-state index in [0.29, 0.717) is 29.4 Å². The number of amides is 4. The van der Waals surface area contributed by atoms with Crippen LogP contribution in [-0.4, -0.2) is 69.4 Å². The zero-order valence-electron chi connectivity index (χ0n) is 21.1. The Hall–Kier alpha value is -3.80. The summed E-state index contributed by atoms with van der Waals surface area (Å²) < 4.78 is 16.7. The van der Waals surface area contributed by atoms with Crippen LogP contribution in [0, 0.1) is 12.8 Å². The molecule has 11 nitrogen and oxygen atoms in total. The Kier molecular flexibility index (Phi) is 6.79. The predicted molar refractivity (Wildman–Crippen MR) is 138 cm³/mol. The second kappa shape index (κ2) is 10.4. The van der Waals surface area contributed by atoms with Gasteiger partial charge < -0.3 is 24.2 Å². The Morgan fingerprint density at radius 3 is 2.64 bits per heavy atom. The average Bonchev–Trinajstić information content (AvgIpc) is 3.61. The molecule has 1 N–H and O–H groups in total. The van der Waals surface area contributed by atoms with E-state index in [1.54, 1.807) is 25.1 Å². The smallest absolute Gasteiger partial charge is 0.327 e. The number of aromatic nitrogens is 2. The second-order valence-electron chi connectivity index (χ2n) is 9.85. The maximum Gasteiger partial charge on any atom is 0.327 e. The Morgan fingerprint density at radius 1 is 1.08 bits per heavy atom. The normalized spacial score (nSPS) is 24.5. The Labute approximate surface area is 229 Å². The van der Waals surface area contributed by atoms with Crippen molar-refractivity contribution >= 4 is 35.1 Å². The maximum absolute atomic E-state index is 13.7. The summed E-state index contributed by atoms with van der Waals surface area (Å²) in [5, 5.41) is 7.35. The van der Waals surface area contributed by atoms with Crippen LogP contribution in [0.25, 0.3) is 11.4 Å². The number of halogens is 1. The highest BCUT2D eigenvalue weighted by molar-refractivity contribution is 6.31. The lowest BCUT2D eigenvalue weighted by Crippen LogP contribution is -2.65. The fraction of sp³-hybridized carbons (Fsp3) is 0.370. The van der Waals surface area contributed by atoms with Gasteiger partial charge in [-0.25, -0.2) is 4.79 Å². The van der Waals surface area contributed by atoms with Crippen LogP contribution in [0.5, 0.6) is 0 Å². The van der Waals surface area contributed by atoms with Crippen LogP contribution in [-0.2, 0) is 25.6 Å². The molecule has 1 aliphatic carbocycles. The van der Waals surface area contributed by atoms with Crippen molar-refractivity contribution in [1.29, 1.82) is 0 Å². The van der Waals surface area contributed by atoms with E-state index in [2.05, 4.69) is 15.5 Å². The number of hydrogen-bond donors (Lipinski definition) is 1. The van der Waals surface area contributed by atoms with Crippen molar-refractivity contribution in [3.63, 3.8) is 0 Å². The molecule has 0 radical (unpaired) electrons. The lowest BCUT2D eigenvalue weighted by Gasteiger charge is -2.48. The molecule has 6 rings (SSSR count). The lowest BCUT2D eigenvalue weighted by molar-refractivity contribution is -0.145. The quantitative estimate of drug-likeness (QED) is 0.492. The van der Waals surface area contributed by atoms with E-state index in [9.17, 15) is 14.4 Å². The molecule has 4 atom stereocenters. The first-order valence-electron chi connectivity index (χ1n) is 12.7. The van der Waals surface area contributed by atoms with E-state index >= 15 is 0 Å². The molecule has 3 aromatic rings. The lowest BCUT2D eigenvalue weighted by atomic mass is 9.78. The van der Waals surface area contributed by atoms with Crippen LogP contribution < -0.4 is 5.32 Å². The van der Waals surface area contributed by atoms with Gasteiger partial charge in [-0.05, 0) is 37.5 Å². The molecule has 202 valence electrons. The van der Waals surface area contributed by atoms with E-state index in [-0.39, 0.29) is 43.9 Å². The number of hydrogen-bond acceptors (Lipinski definition) is 8. The molecule has 0 bridgehead atoms. The fourth-order valence-electron chi connectivity index (χ4n) is 5.46. The highest BCUT2D eigenvalue weighted by Gasteiger charge is 2.53. The van der Waals surface area contributed by atoms with Gasteiger partial charge in [0.25, 0.3) is 0 Å². The van der Waals surface area contributed by atoms with E-state index in [1.807, 2.05) is 30.3 Å². The summed E-state index contributed by atoms with van der Waals surface area (Å²) in [6.07, 6.45) is 0.275. The number of fused-ring (bicyclic) bond motifs is 2. The number of imide groups is 1. The molecule has 4 amide bonds. The van der Waals surface area contributed by atoms with Crippen molar-refractivity contribution in [2.75, 3.05) is 18.7 Å². The first-order chi connectivity index (χ1) is 18.9. The van der Waals surface area contributed by atoms with Crippen molar-refractivity contribution in [2.24, 2.45) is 5.92 Å². The number of rotatable bonds is 6.